The van der Waals surface area contributed by atoms with Crippen molar-refractivity contribution in [3.63, 3.8) is 0 Å². The molecule has 15 heteroatoms. The summed E-state index contributed by atoms with van der Waals surface area (Å²) in [6.45, 7) is 4.10. The number of aliphatic hydroxyl groups is 2. The summed E-state index contributed by atoms with van der Waals surface area (Å²) in [6, 6.07) is 25.7. The molecule has 1 saturated heterocycles. The summed E-state index contributed by atoms with van der Waals surface area (Å²) in [5.41, 5.74) is 9.47. The van der Waals surface area contributed by atoms with Gasteiger partial charge in [0.05, 0.1) is 37.0 Å². The first-order valence-corrected chi connectivity index (χ1v) is 19.0. The lowest BCUT2D eigenvalue weighted by molar-refractivity contribution is -0.147. The molecule has 4 aromatic carbocycles. The number of carboxylic acids is 1. The van der Waals surface area contributed by atoms with Crippen LogP contribution in [-0.2, 0) is 23.5 Å². The number of carboxylic acid groups (broad SMARTS) is 1. The van der Waals surface area contributed by atoms with Gasteiger partial charge in [-0.2, -0.15) is 4.98 Å². The molecule has 1 fully saturated rings. The molecule has 0 radical (unpaired) electrons. The molecule has 5 N–H and O–H groups in total. The van der Waals surface area contributed by atoms with Crippen molar-refractivity contribution in [3.05, 3.63) is 118 Å². The van der Waals surface area contributed by atoms with Gasteiger partial charge in [0.1, 0.15) is 40.6 Å². The van der Waals surface area contributed by atoms with Crippen LogP contribution in [0.25, 0.3) is 44.8 Å². The maximum atomic E-state index is 10.8. The van der Waals surface area contributed by atoms with Crippen molar-refractivity contribution in [1.82, 2.24) is 15.0 Å². The fourth-order valence-electron chi connectivity index (χ4n) is 6.19. The molecule has 0 atom stereocenters. The monoisotopic (exact) mass is 814 g/mol. The lowest BCUT2D eigenvalue weighted by Crippen LogP contribution is -2.49. The third-order valence-electron chi connectivity index (χ3n) is 9.54. The number of benzene rings is 4. The van der Waals surface area contributed by atoms with Crippen molar-refractivity contribution in [2.45, 2.75) is 32.0 Å². The average Bonchev–Trinajstić information content (AvgIpc) is 3.97. The summed E-state index contributed by atoms with van der Waals surface area (Å²) in [5, 5.41) is 34.8. The van der Waals surface area contributed by atoms with Gasteiger partial charge in [0.25, 0.3) is 5.89 Å². The van der Waals surface area contributed by atoms with Crippen LogP contribution in [0.1, 0.15) is 30.2 Å². The Labute approximate surface area is 337 Å². The van der Waals surface area contributed by atoms with E-state index in [9.17, 15) is 15.0 Å². The number of likely N-dealkylation sites (tertiary alicyclic amines) is 1. The number of nitrogens with two attached hydrogens (primary N) is 1. The van der Waals surface area contributed by atoms with Gasteiger partial charge in [-0.25, -0.2) is 0 Å². The predicted molar refractivity (Wildman–Crippen MR) is 214 cm³/mol. The van der Waals surface area contributed by atoms with E-state index in [0.29, 0.717) is 76.3 Å². The molecule has 0 saturated carbocycles. The SMILES string of the molecule is CCCOc1ccc(-c2nc(-c3ccc4oc(C(N)(CO)CO)cc4c3)no2)cc1Cl.O=C(O)C1CN(Cc2ccc(OCc3coc4ccc(Cl)cc34)cc2)C1. The maximum absolute atomic E-state index is 10.8. The van der Waals surface area contributed by atoms with Gasteiger partial charge in [-0.15, -0.1) is 0 Å². The van der Waals surface area contributed by atoms with Crippen LogP contribution >= 0.6 is 23.2 Å². The molecule has 0 aliphatic carbocycles. The van der Waals surface area contributed by atoms with Crippen LogP contribution in [-0.4, -0.2) is 69.2 Å². The minimum absolute atomic E-state index is 0.226. The molecule has 0 amide bonds. The Balaban J connectivity index is 0.000000177. The third-order valence-corrected chi connectivity index (χ3v) is 10.1. The minimum Gasteiger partial charge on any atom is -0.492 e. The van der Waals surface area contributed by atoms with Crippen LogP contribution < -0.4 is 15.2 Å². The number of carbonyl (C=O) groups is 1. The zero-order valence-electron chi connectivity index (χ0n) is 30.9. The number of rotatable bonds is 14. The first-order chi connectivity index (χ1) is 27.5. The number of halogens is 2. The molecule has 3 aromatic heterocycles. The second kappa shape index (κ2) is 17.4. The van der Waals surface area contributed by atoms with Crippen molar-refractivity contribution in [3.8, 4) is 34.3 Å². The van der Waals surface area contributed by atoms with Gasteiger partial charge in [0, 0.05) is 52.1 Å². The molecule has 0 unspecified atom stereocenters. The highest BCUT2D eigenvalue weighted by molar-refractivity contribution is 6.32. The largest absolute Gasteiger partial charge is 0.492 e. The molecule has 4 heterocycles. The number of hydrogen-bond donors (Lipinski definition) is 4. The molecule has 0 bridgehead atoms. The molecule has 7 aromatic rings. The summed E-state index contributed by atoms with van der Waals surface area (Å²) in [4.78, 5) is 17.4. The molecule has 13 nitrogen and oxygen atoms in total. The summed E-state index contributed by atoms with van der Waals surface area (Å²) in [6.07, 6.45) is 2.58. The average molecular weight is 816 g/mol. The van der Waals surface area contributed by atoms with Crippen molar-refractivity contribution < 1.29 is 42.9 Å². The van der Waals surface area contributed by atoms with E-state index in [4.69, 9.17) is 56.9 Å². The van der Waals surface area contributed by atoms with E-state index in [2.05, 4.69) is 15.0 Å². The van der Waals surface area contributed by atoms with Crippen LogP contribution in [0.2, 0.25) is 10.0 Å². The fraction of sp³-hybridized carbons (Fsp3) is 0.262. The van der Waals surface area contributed by atoms with Gasteiger partial charge in [-0.1, -0.05) is 47.4 Å². The predicted octanol–water partition coefficient (Wildman–Crippen LogP) is 7.91. The molecular formula is C42H40Cl2N4O9. The highest BCUT2D eigenvalue weighted by Gasteiger charge is 2.32. The first kappa shape index (κ1) is 39.8. The fourth-order valence-corrected chi connectivity index (χ4v) is 6.59. The van der Waals surface area contributed by atoms with Crippen molar-refractivity contribution >= 4 is 51.1 Å². The second-order valence-corrected chi connectivity index (χ2v) is 14.7. The van der Waals surface area contributed by atoms with Crippen LogP contribution in [0, 0.1) is 5.92 Å². The lowest BCUT2D eigenvalue weighted by atomic mass is 10.00. The number of hydrogen-bond acceptors (Lipinski definition) is 12. The van der Waals surface area contributed by atoms with Gasteiger partial charge in [-0.05, 0) is 84.8 Å². The molecule has 296 valence electrons. The molecular weight excluding hydrogens is 775 g/mol. The summed E-state index contributed by atoms with van der Waals surface area (Å²) >= 11 is 12.3. The third kappa shape index (κ3) is 9.10. The lowest BCUT2D eigenvalue weighted by Gasteiger charge is -2.36. The smallest absolute Gasteiger partial charge is 0.309 e. The highest BCUT2D eigenvalue weighted by Crippen LogP contribution is 2.33. The highest BCUT2D eigenvalue weighted by atomic mass is 35.5. The van der Waals surface area contributed by atoms with Crippen LogP contribution in [0.5, 0.6) is 11.5 Å². The number of aliphatic hydroxyl groups excluding tert-OH is 2. The van der Waals surface area contributed by atoms with Crippen LogP contribution in [0.4, 0.5) is 0 Å². The Hall–Kier alpha value is -5.41. The number of aromatic nitrogens is 2. The van der Waals surface area contributed by atoms with Crippen LogP contribution in [0.3, 0.4) is 0 Å². The quantitative estimate of drug-likeness (QED) is 0.0829. The Morgan fingerprint density at radius 3 is 2.42 bits per heavy atom. The Morgan fingerprint density at radius 1 is 0.947 bits per heavy atom. The van der Waals surface area contributed by atoms with E-state index in [1.807, 2.05) is 55.5 Å². The van der Waals surface area contributed by atoms with Crippen molar-refractivity contribution in [2.24, 2.45) is 11.7 Å². The van der Waals surface area contributed by atoms with Crippen molar-refractivity contribution in [1.29, 1.82) is 0 Å². The molecule has 8 rings (SSSR count). The Morgan fingerprint density at radius 2 is 1.70 bits per heavy atom. The zero-order chi connectivity index (χ0) is 40.1. The Kier molecular flexibility index (Phi) is 12.1. The van der Waals surface area contributed by atoms with Gasteiger partial charge in [0.15, 0.2) is 0 Å². The summed E-state index contributed by atoms with van der Waals surface area (Å²) < 4.78 is 28.1. The Bertz CT molecular complexity index is 2470. The van der Waals surface area contributed by atoms with E-state index < -0.39 is 24.7 Å². The molecule has 1 aliphatic rings. The molecule has 57 heavy (non-hydrogen) atoms. The second-order valence-electron chi connectivity index (χ2n) is 13.8. The molecule has 1 aliphatic heterocycles. The number of ether oxygens (including phenoxy) is 2. The maximum Gasteiger partial charge on any atom is 0.309 e. The normalized spacial score (nSPS) is 13.4. The number of furan rings is 2. The van der Waals surface area contributed by atoms with E-state index in [0.717, 1.165) is 46.2 Å². The van der Waals surface area contributed by atoms with Gasteiger partial charge < -0.3 is 43.9 Å². The number of aliphatic carboxylic acids is 1. The summed E-state index contributed by atoms with van der Waals surface area (Å²) in [5.74, 6) is 1.46. The van der Waals surface area contributed by atoms with Crippen LogP contribution in [0.15, 0.2) is 105 Å². The summed E-state index contributed by atoms with van der Waals surface area (Å²) in [7, 11) is 0. The minimum atomic E-state index is -1.36. The van der Waals surface area contributed by atoms with E-state index in [1.54, 1.807) is 42.7 Å². The molecule has 0 spiro atoms. The van der Waals surface area contributed by atoms with E-state index >= 15 is 0 Å². The number of nitrogens with zero attached hydrogens (tertiary/aromatic N) is 3. The topological polar surface area (TPSA) is 191 Å². The van der Waals surface area contributed by atoms with Gasteiger partial charge >= 0.3 is 5.97 Å². The first-order valence-electron chi connectivity index (χ1n) is 18.2. The van der Waals surface area contributed by atoms with Crippen molar-refractivity contribution in [2.75, 3.05) is 32.9 Å². The van der Waals surface area contributed by atoms with E-state index in [1.165, 1.54) is 0 Å². The number of fused-ring (bicyclic) bond motifs is 2. The zero-order valence-corrected chi connectivity index (χ0v) is 32.4. The van der Waals surface area contributed by atoms with Gasteiger partial charge in [0.2, 0.25) is 5.82 Å². The van der Waals surface area contributed by atoms with E-state index in [-0.39, 0.29) is 5.92 Å². The standard InChI is InChI=1S/C22H22ClN3O5.C20H18ClNO4/c1-2-7-29-18-6-4-14(9-16(18)23)21-25-20(26-31-21)13-3-5-17-15(8-13)10-19(30-17)22(24,11-27)12-28;21-16-3-6-19-18(7-16)15(12-26-19)11-25-17-4-1-13(2-5-17)8-22-9-14(10-22)20(23)24/h3-6,8-10,27-28H,2,7,11-12,24H2,1H3;1-7,12,14H,8-11H2,(H,23,24). The van der Waals surface area contributed by atoms with Gasteiger partial charge in [-0.3, -0.25) is 9.69 Å².